The van der Waals surface area contributed by atoms with E-state index in [1.165, 1.54) is 0 Å². The minimum Gasteiger partial charge on any atom is -0.484 e. The third kappa shape index (κ3) is 3.98. The van der Waals surface area contributed by atoms with Crippen molar-refractivity contribution >= 4 is 39.1 Å². The monoisotopic (exact) mass is 339 g/mol. The molecule has 5 heteroatoms. The van der Waals surface area contributed by atoms with Crippen LogP contribution in [0.15, 0.2) is 53.0 Å². The first-order chi connectivity index (χ1) is 9.16. The van der Waals surface area contributed by atoms with E-state index in [0.29, 0.717) is 20.9 Å². The second kappa shape index (κ2) is 6.59. The number of amides is 1. The molecule has 0 atom stereocenters. The van der Waals surface area contributed by atoms with Gasteiger partial charge in [-0.25, -0.2) is 0 Å². The van der Waals surface area contributed by atoms with Gasteiger partial charge >= 0.3 is 0 Å². The van der Waals surface area contributed by atoms with Crippen LogP contribution in [0, 0.1) is 0 Å². The highest BCUT2D eigenvalue weighted by Crippen LogP contribution is 2.29. The molecule has 2 rings (SSSR count). The minimum atomic E-state index is -0.244. The van der Waals surface area contributed by atoms with Crippen LogP contribution in [-0.4, -0.2) is 12.5 Å². The second-order valence-electron chi connectivity index (χ2n) is 3.75. The molecular formula is C14H11BrClNO2. The van der Waals surface area contributed by atoms with Crippen LogP contribution in [0.4, 0.5) is 5.69 Å². The van der Waals surface area contributed by atoms with Crippen molar-refractivity contribution in [2.45, 2.75) is 0 Å². The summed E-state index contributed by atoms with van der Waals surface area (Å²) in [6.07, 6.45) is 0. The number of rotatable bonds is 4. The van der Waals surface area contributed by atoms with Crippen molar-refractivity contribution in [1.82, 2.24) is 0 Å². The first kappa shape index (κ1) is 13.9. The predicted octanol–water partition coefficient (Wildman–Crippen LogP) is 4.12. The van der Waals surface area contributed by atoms with E-state index in [9.17, 15) is 4.79 Å². The lowest BCUT2D eigenvalue weighted by atomic mass is 10.3. The van der Waals surface area contributed by atoms with E-state index in [0.717, 1.165) is 0 Å². The molecule has 3 nitrogen and oxygen atoms in total. The van der Waals surface area contributed by atoms with Gasteiger partial charge in [-0.15, -0.1) is 0 Å². The molecule has 0 aliphatic carbocycles. The van der Waals surface area contributed by atoms with Gasteiger partial charge in [0.05, 0.1) is 15.2 Å². The molecule has 0 radical (unpaired) electrons. The van der Waals surface area contributed by atoms with Crippen LogP contribution in [0.25, 0.3) is 0 Å². The molecule has 98 valence electrons. The molecule has 1 amide bonds. The SMILES string of the molecule is O=C(COc1ccccc1)Nc1cccc(Cl)c1Br. The van der Waals surface area contributed by atoms with E-state index < -0.39 is 0 Å². The summed E-state index contributed by atoms with van der Waals surface area (Å²) in [7, 11) is 0. The lowest BCUT2D eigenvalue weighted by Gasteiger charge is -2.09. The molecule has 0 aliphatic heterocycles. The van der Waals surface area contributed by atoms with Crippen LogP contribution in [-0.2, 0) is 4.79 Å². The Hall–Kier alpha value is -1.52. The van der Waals surface area contributed by atoms with Gasteiger partial charge in [0.15, 0.2) is 6.61 Å². The van der Waals surface area contributed by atoms with Gasteiger partial charge in [-0.3, -0.25) is 4.79 Å². The number of carbonyl (C=O) groups excluding carboxylic acids is 1. The molecule has 0 spiro atoms. The molecular weight excluding hydrogens is 330 g/mol. The van der Waals surface area contributed by atoms with Crippen LogP contribution in [0.5, 0.6) is 5.75 Å². The van der Waals surface area contributed by atoms with Gasteiger partial charge in [0.1, 0.15) is 5.75 Å². The first-order valence-corrected chi connectivity index (χ1v) is 6.75. The number of nitrogens with one attached hydrogen (secondary N) is 1. The molecule has 2 aromatic carbocycles. The third-order valence-corrected chi connectivity index (χ3v) is 3.74. The number of hydrogen-bond donors (Lipinski definition) is 1. The number of para-hydroxylation sites is 1. The van der Waals surface area contributed by atoms with E-state index in [1.807, 2.05) is 18.2 Å². The zero-order valence-corrected chi connectivity index (χ0v) is 12.2. The number of benzene rings is 2. The Kier molecular flexibility index (Phi) is 4.82. The molecule has 0 aliphatic rings. The summed E-state index contributed by atoms with van der Waals surface area (Å²) >= 11 is 9.26. The maximum absolute atomic E-state index is 11.7. The van der Waals surface area contributed by atoms with Crippen LogP contribution >= 0.6 is 27.5 Å². The maximum Gasteiger partial charge on any atom is 0.262 e. The number of halogens is 2. The minimum absolute atomic E-state index is 0.0526. The quantitative estimate of drug-likeness (QED) is 0.909. The van der Waals surface area contributed by atoms with E-state index in [1.54, 1.807) is 30.3 Å². The number of hydrogen-bond acceptors (Lipinski definition) is 2. The highest BCUT2D eigenvalue weighted by molar-refractivity contribution is 9.10. The largest absolute Gasteiger partial charge is 0.484 e. The Bertz CT molecular complexity index is 575. The summed E-state index contributed by atoms with van der Waals surface area (Å²) < 4.78 is 6.01. The summed E-state index contributed by atoms with van der Waals surface area (Å²) in [6.45, 7) is -0.0526. The second-order valence-corrected chi connectivity index (χ2v) is 4.95. The van der Waals surface area contributed by atoms with Crippen LogP contribution in [0.3, 0.4) is 0 Å². The fourth-order valence-corrected chi connectivity index (χ4v) is 1.99. The van der Waals surface area contributed by atoms with E-state index in [4.69, 9.17) is 16.3 Å². The van der Waals surface area contributed by atoms with Gasteiger partial charge in [0, 0.05) is 0 Å². The normalized spacial score (nSPS) is 10.0. The molecule has 0 saturated heterocycles. The Balaban J connectivity index is 1.93. The molecule has 0 fully saturated rings. The van der Waals surface area contributed by atoms with Crippen molar-refractivity contribution < 1.29 is 9.53 Å². The molecule has 0 unspecified atom stereocenters. The van der Waals surface area contributed by atoms with Crippen molar-refractivity contribution in [3.8, 4) is 5.75 Å². The standard InChI is InChI=1S/C14H11BrClNO2/c15-14-11(16)7-4-8-12(14)17-13(18)9-19-10-5-2-1-3-6-10/h1-8H,9H2,(H,17,18). The van der Waals surface area contributed by atoms with Crippen molar-refractivity contribution in [2.24, 2.45) is 0 Å². The molecule has 2 aromatic rings. The van der Waals surface area contributed by atoms with Gasteiger partial charge < -0.3 is 10.1 Å². The summed E-state index contributed by atoms with van der Waals surface area (Å²) in [5.41, 5.74) is 0.620. The maximum atomic E-state index is 11.7. The van der Waals surface area contributed by atoms with Crippen LogP contribution < -0.4 is 10.1 Å². The van der Waals surface area contributed by atoms with Crippen molar-refractivity contribution in [1.29, 1.82) is 0 Å². The average Bonchev–Trinajstić information content (AvgIpc) is 2.43. The summed E-state index contributed by atoms with van der Waals surface area (Å²) in [5, 5.41) is 3.27. The fourth-order valence-electron chi connectivity index (χ4n) is 1.45. The lowest BCUT2D eigenvalue weighted by molar-refractivity contribution is -0.118. The van der Waals surface area contributed by atoms with Gasteiger partial charge in [-0.05, 0) is 40.2 Å². The van der Waals surface area contributed by atoms with Gasteiger partial charge in [0.25, 0.3) is 5.91 Å². The van der Waals surface area contributed by atoms with E-state index >= 15 is 0 Å². The Labute approximate surface area is 124 Å². The number of anilines is 1. The molecule has 19 heavy (non-hydrogen) atoms. The highest BCUT2D eigenvalue weighted by atomic mass is 79.9. The summed E-state index contributed by atoms with van der Waals surface area (Å²) in [5.74, 6) is 0.412. The molecule has 1 N–H and O–H groups in total. The predicted molar refractivity (Wildman–Crippen MR) is 79.7 cm³/mol. The van der Waals surface area contributed by atoms with Gasteiger partial charge in [-0.2, -0.15) is 0 Å². The summed E-state index contributed by atoms with van der Waals surface area (Å²) in [4.78, 5) is 11.7. The zero-order chi connectivity index (χ0) is 13.7. The van der Waals surface area contributed by atoms with E-state index in [-0.39, 0.29) is 12.5 Å². The smallest absolute Gasteiger partial charge is 0.262 e. The Morgan fingerprint density at radius 2 is 1.89 bits per heavy atom. The first-order valence-electron chi connectivity index (χ1n) is 5.58. The molecule has 0 aromatic heterocycles. The number of ether oxygens (including phenoxy) is 1. The third-order valence-electron chi connectivity index (χ3n) is 2.34. The number of carbonyl (C=O) groups is 1. The van der Waals surface area contributed by atoms with Gasteiger partial charge in [0.2, 0.25) is 0 Å². The van der Waals surface area contributed by atoms with Crippen molar-refractivity contribution in [3.05, 3.63) is 58.0 Å². The molecule has 0 bridgehead atoms. The van der Waals surface area contributed by atoms with Crippen molar-refractivity contribution in [3.63, 3.8) is 0 Å². The molecule has 0 heterocycles. The Morgan fingerprint density at radius 1 is 1.16 bits per heavy atom. The van der Waals surface area contributed by atoms with Crippen LogP contribution in [0.1, 0.15) is 0 Å². The Morgan fingerprint density at radius 3 is 2.63 bits per heavy atom. The fraction of sp³-hybridized carbons (Fsp3) is 0.0714. The van der Waals surface area contributed by atoms with Gasteiger partial charge in [-0.1, -0.05) is 35.9 Å². The van der Waals surface area contributed by atoms with Crippen LogP contribution in [0.2, 0.25) is 5.02 Å². The highest BCUT2D eigenvalue weighted by Gasteiger charge is 2.08. The summed E-state index contributed by atoms with van der Waals surface area (Å²) in [6, 6.07) is 14.4. The topological polar surface area (TPSA) is 38.3 Å². The van der Waals surface area contributed by atoms with E-state index in [2.05, 4.69) is 21.2 Å². The lowest BCUT2D eigenvalue weighted by Crippen LogP contribution is -2.20. The average molecular weight is 341 g/mol. The van der Waals surface area contributed by atoms with Crippen molar-refractivity contribution in [2.75, 3.05) is 11.9 Å². The molecule has 0 saturated carbocycles. The zero-order valence-electron chi connectivity index (χ0n) is 9.90.